The first-order valence-corrected chi connectivity index (χ1v) is 7.17. The largest absolute Gasteiger partial charge is 0.467 e. The van der Waals surface area contributed by atoms with Gasteiger partial charge >= 0.3 is 5.97 Å². The summed E-state index contributed by atoms with van der Waals surface area (Å²) in [6.45, 7) is 3.85. The second-order valence-electron chi connectivity index (χ2n) is 5.19. The van der Waals surface area contributed by atoms with Crippen LogP contribution < -0.4 is 11.1 Å². The predicted molar refractivity (Wildman–Crippen MR) is 81.5 cm³/mol. The topological polar surface area (TPSA) is 81.4 Å². The third-order valence-corrected chi connectivity index (χ3v) is 3.60. The van der Waals surface area contributed by atoms with E-state index in [2.05, 4.69) is 5.32 Å². The third kappa shape index (κ3) is 5.19. The van der Waals surface area contributed by atoms with Gasteiger partial charge in [-0.15, -0.1) is 0 Å². The molecule has 0 aromatic heterocycles. The second-order valence-corrected chi connectivity index (χ2v) is 5.19. The van der Waals surface area contributed by atoms with E-state index in [0.29, 0.717) is 6.42 Å². The summed E-state index contributed by atoms with van der Waals surface area (Å²) in [5.41, 5.74) is 6.90. The molecule has 0 heterocycles. The molecule has 5 heteroatoms. The quantitative estimate of drug-likeness (QED) is 0.741. The average molecular weight is 292 g/mol. The highest BCUT2D eigenvalue weighted by atomic mass is 16.5. The summed E-state index contributed by atoms with van der Waals surface area (Å²) < 4.78 is 4.74. The smallest absolute Gasteiger partial charge is 0.328 e. The SMILES string of the molecule is CCC(C)C(NC(=O)C(N)Cc1ccccc1)C(=O)OC. The fraction of sp³-hybridized carbons (Fsp3) is 0.500. The van der Waals surface area contributed by atoms with Crippen molar-refractivity contribution < 1.29 is 14.3 Å². The number of amides is 1. The molecule has 3 unspecified atom stereocenters. The highest BCUT2D eigenvalue weighted by Gasteiger charge is 2.28. The Morgan fingerprint density at radius 1 is 1.29 bits per heavy atom. The van der Waals surface area contributed by atoms with Crippen LogP contribution >= 0.6 is 0 Å². The molecule has 0 radical (unpaired) electrons. The molecule has 0 aliphatic rings. The number of esters is 1. The molecule has 0 aliphatic heterocycles. The van der Waals surface area contributed by atoms with Crippen LogP contribution in [0.1, 0.15) is 25.8 Å². The number of ether oxygens (including phenoxy) is 1. The van der Waals surface area contributed by atoms with Gasteiger partial charge in [-0.3, -0.25) is 4.79 Å². The Labute approximate surface area is 125 Å². The summed E-state index contributed by atoms with van der Waals surface area (Å²) in [5.74, 6) is -0.788. The highest BCUT2D eigenvalue weighted by molar-refractivity contribution is 5.87. The van der Waals surface area contributed by atoms with Crippen LogP contribution in [0.4, 0.5) is 0 Å². The van der Waals surface area contributed by atoms with Crippen LogP contribution in [0.2, 0.25) is 0 Å². The van der Waals surface area contributed by atoms with Gasteiger partial charge < -0.3 is 15.8 Å². The molecular weight excluding hydrogens is 268 g/mol. The Balaban J connectivity index is 2.66. The molecule has 0 aliphatic carbocycles. The van der Waals surface area contributed by atoms with Crippen LogP contribution in [0.5, 0.6) is 0 Å². The summed E-state index contributed by atoms with van der Waals surface area (Å²) in [6, 6.07) is 8.19. The van der Waals surface area contributed by atoms with E-state index in [1.165, 1.54) is 7.11 Å². The van der Waals surface area contributed by atoms with Crippen molar-refractivity contribution >= 4 is 11.9 Å². The minimum Gasteiger partial charge on any atom is -0.467 e. The summed E-state index contributed by atoms with van der Waals surface area (Å²) in [5, 5.41) is 2.70. The van der Waals surface area contributed by atoms with E-state index in [-0.39, 0.29) is 11.8 Å². The van der Waals surface area contributed by atoms with Gasteiger partial charge in [0.05, 0.1) is 13.2 Å². The molecular formula is C16H24N2O3. The molecule has 0 bridgehead atoms. The number of nitrogens with two attached hydrogens (primary N) is 1. The van der Waals surface area contributed by atoms with Crippen LogP contribution in [0.3, 0.4) is 0 Å². The highest BCUT2D eigenvalue weighted by Crippen LogP contribution is 2.10. The normalized spacial score (nSPS) is 14.9. The van der Waals surface area contributed by atoms with Gasteiger partial charge in [-0.1, -0.05) is 50.6 Å². The van der Waals surface area contributed by atoms with Crippen LogP contribution in [0, 0.1) is 5.92 Å². The number of carbonyl (C=O) groups is 2. The Hall–Kier alpha value is -1.88. The van der Waals surface area contributed by atoms with E-state index in [0.717, 1.165) is 12.0 Å². The van der Waals surface area contributed by atoms with Crippen molar-refractivity contribution in [2.24, 2.45) is 11.7 Å². The maximum Gasteiger partial charge on any atom is 0.328 e. The number of carbonyl (C=O) groups excluding carboxylic acids is 2. The molecule has 0 saturated carbocycles. The van der Waals surface area contributed by atoms with E-state index < -0.39 is 18.1 Å². The number of rotatable bonds is 7. The van der Waals surface area contributed by atoms with E-state index >= 15 is 0 Å². The molecule has 0 spiro atoms. The van der Waals surface area contributed by atoms with Crippen molar-refractivity contribution in [3.8, 4) is 0 Å². The zero-order valence-electron chi connectivity index (χ0n) is 12.8. The summed E-state index contributed by atoms with van der Waals surface area (Å²) in [4.78, 5) is 23.9. The third-order valence-electron chi connectivity index (χ3n) is 3.60. The Kier molecular flexibility index (Phi) is 6.88. The Morgan fingerprint density at radius 3 is 2.43 bits per heavy atom. The summed E-state index contributed by atoms with van der Waals surface area (Å²) in [6.07, 6.45) is 1.19. The number of hydrogen-bond donors (Lipinski definition) is 2. The predicted octanol–water partition coefficient (Wildman–Crippen LogP) is 1.26. The molecule has 21 heavy (non-hydrogen) atoms. The zero-order chi connectivity index (χ0) is 15.8. The second kappa shape index (κ2) is 8.42. The van der Waals surface area contributed by atoms with Crippen molar-refractivity contribution in [3.05, 3.63) is 35.9 Å². The first-order chi connectivity index (χ1) is 9.99. The molecule has 3 atom stereocenters. The molecule has 1 aromatic rings. The standard InChI is InChI=1S/C16H24N2O3/c1-4-11(2)14(16(20)21-3)18-15(19)13(17)10-12-8-6-5-7-9-12/h5-9,11,13-14H,4,10,17H2,1-3H3,(H,18,19). The van der Waals surface area contributed by atoms with E-state index in [1.807, 2.05) is 44.2 Å². The van der Waals surface area contributed by atoms with E-state index in [9.17, 15) is 9.59 Å². The molecule has 1 aromatic carbocycles. The van der Waals surface area contributed by atoms with Gasteiger partial charge in [0.15, 0.2) is 0 Å². The van der Waals surface area contributed by atoms with Crippen molar-refractivity contribution in [2.45, 2.75) is 38.8 Å². The van der Waals surface area contributed by atoms with Crippen molar-refractivity contribution in [1.82, 2.24) is 5.32 Å². The lowest BCUT2D eigenvalue weighted by Gasteiger charge is -2.23. The van der Waals surface area contributed by atoms with Gasteiger partial charge in [-0.05, 0) is 17.9 Å². The van der Waals surface area contributed by atoms with Gasteiger partial charge in [0.2, 0.25) is 5.91 Å². The van der Waals surface area contributed by atoms with E-state index in [1.54, 1.807) is 0 Å². The molecule has 3 N–H and O–H groups in total. The minimum atomic E-state index is -0.691. The lowest BCUT2D eigenvalue weighted by atomic mass is 9.98. The molecule has 5 nitrogen and oxygen atoms in total. The molecule has 1 amide bonds. The summed E-state index contributed by atoms with van der Waals surface area (Å²) in [7, 11) is 1.31. The zero-order valence-corrected chi connectivity index (χ0v) is 12.8. The van der Waals surface area contributed by atoms with Crippen LogP contribution in [-0.2, 0) is 20.7 Å². The van der Waals surface area contributed by atoms with Crippen molar-refractivity contribution in [1.29, 1.82) is 0 Å². The lowest BCUT2D eigenvalue weighted by molar-refractivity contribution is -0.146. The number of methoxy groups -OCH3 is 1. The van der Waals surface area contributed by atoms with Gasteiger partial charge in [0.25, 0.3) is 0 Å². The molecule has 116 valence electrons. The summed E-state index contributed by atoms with van der Waals surface area (Å²) >= 11 is 0. The van der Waals surface area contributed by atoms with Crippen LogP contribution in [0.25, 0.3) is 0 Å². The fourth-order valence-electron chi connectivity index (χ4n) is 2.02. The first kappa shape index (κ1) is 17.2. The first-order valence-electron chi connectivity index (χ1n) is 7.17. The molecule has 1 rings (SSSR count). The average Bonchev–Trinajstić information content (AvgIpc) is 2.51. The van der Waals surface area contributed by atoms with Crippen LogP contribution in [0.15, 0.2) is 30.3 Å². The van der Waals surface area contributed by atoms with Crippen molar-refractivity contribution in [2.75, 3.05) is 7.11 Å². The molecule has 0 saturated heterocycles. The Morgan fingerprint density at radius 2 is 1.90 bits per heavy atom. The van der Waals surface area contributed by atoms with Gasteiger partial charge in [0, 0.05) is 0 Å². The fourth-order valence-corrected chi connectivity index (χ4v) is 2.02. The molecule has 0 fully saturated rings. The number of hydrogen-bond acceptors (Lipinski definition) is 4. The minimum absolute atomic E-state index is 0.00896. The number of benzene rings is 1. The van der Waals surface area contributed by atoms with Gasteiger partial charge in [0.1, 0.15) is 6.04 Å². The van der Waals surface area contributed by atoms with Gasteiger partial charge in [-0.2, -0.15) is 0 Å². The maximum absolute atomic E-state index is 12.2. The maximum atomic E-state index is 12.2. The monoisotopic (exact) mass is 292 g/mol. The Bertz CT molecular complexity index is 462. The number of nitrogens with one attached hydrogen (secondary N) is 1. The van der Waals surface area contributed by atoms with Crippen molar-refractivity contribution in [3.63, 3.8) is 0 Å². The van der Waals surface area contributed by atoms with Crippen LogP contribution in [-0.4, -0.2) is 31.1 Å². The lowest BCUT2D eigenvalue weighted by Crippen LogP contribution is -2.51. The van der Waals surface area contributed by atoms with E-state index in [4.69, 9.17) is 10.5 Å². The van der Waals surface area contributed by atoms with Gasteiger partial charge in [-0.25, -0.2) is 4.79 Å².